The van der Waals surface area contributed by atoms with Gasteiger partial charge in [-0.05, 0) is 36.5 Å². The topological polar surface area (TPSA) is 18.5 Å². The second-order valence-electron chi connectivity index (χ2n) is 6.38. The number of ether oxygens (including phenoxy) is 2. The fourth-order valence-corrected chi connectivity index (χ4v) is 2.09. The van der Waals surface area contributed by atoms with Crippen LogP contribution < -0.4 is 9.47 Å². The van der Waals surface area contributed by atoms with Crippen LogP contribution in [0.25, 0.3) is 0 Å². The van der Waals surface area contributed by atoms with Gasteiger partial charge in [0.05, 0.1) is 6.61 Å². The van der Waals surface area contributed by atoms with Crippen LogP contribution in [0.15, 0.2) is 30.4 Å². The first-order valence-electron chi connectivity index (χ1n) is 7.03. The van der Waals surface area contributed by atoms with Crippen molar-refractivity contribution in [2.45, 2.75) is 46.6 Å². The Morgan fingerprint density at radius 2 is 2.16 bits per heavy atom. The molecule has 0 N–H and O–H groups in total. The fraction of sp³-hybridized carbons (Fsp3) is 0.529. The van der Waals surface area contributed by atoms with Crippen molar-refractivity contribution in [3.63, 3.8) is 0 Å². The molecule has 1 aromatic rings. The Bertz CT molecular complexity index is 455. The molecule has 104 valence electrons. The third-order valence-electron chi connectivity index (χ3n) is 3.13. The summed E-state index contributed by atoms with van der Waals surface area (Å²) in [5.74, 6) is 1.86. The summed E-state index contributed by atoms with van der Waals surface area (Å²) in [5, 5.41) is 0. The highest BCUT2D eigenvalue weighted by Crippen LogP contribution is 2.30. The number of benzene rings is 1. The van der Waals surface area contributed by atoms with E-state index in [2.05, 4.69) is 45.9 Å². The van der Waals surface area contributed by atoms with E-state index in [9.17, 15) is 0 Å². The van der Waals surface area contributed by atoms with Crippen molar-refractivity contribution in [1.82, 2.24) is 0 Å². The minimum absolute atomic E-state index is 0.0850. The maximum atomic E-state index is 5.89. The van der Waals surface area contributed by atoms with E-state index in [1.165, 1.54) is 5.56 Å². The third-order valence-corrected chi connectivity index (χ3v) is 3.13. The average Bonchev–Trinajstić information content (AvgIpc) is 2.74. The first kappa shape index (κ1) is 14.0. The molecule has 0 aromatic heterocycles. The van der Waals surface area contributed by atoms with Crippen LogP contribution in [0, 0.1) is 5.41 Å². The van der Waals surface area contributed by atoms with E-state index in [1.807, 2.05) is 12.1 Å². The van der Waals surface area contributed by atoms with Gasteiger partial charge in [0.2, 0.25) is 0 Å². The van der Waals surface area contributed by atoms with Crippen molar-refractivity contribution in [2.75, 3.05) is 6.61 Å². The number of rotatable bonds is 4. The summed E-state index contributed by atoms with van der Waals surface area (Å²) < 4.78 is 11.4. The number of fused-ring (bicyclic) bond motifs is 1. The molecule has 1 atom stereocenters. The molecule has 0 saturated carbocycles. The normalized spacial score (nSPS) is 16.2. The molecule has 1 aromatic carbocycles. The van der Waals surface area contributed by atoms with E-state index >= 15 is 0 Å². The first-order chi connectivity index (χ1) is 8.94. The summed E-state index contributed by atoms with van der Waals surface area (Å²) in [6, 6.07) is 6.13. The van der Waals surface area contributed by atoms with Crippen LogP contribution in [0.5, 0.6) is 11.5 Å². The number of hydrogen-bond donors (Lipinski definition) is 0. The lowest BCUT2D eigenvalue weighted by Gasteiger charge is -2.16. The molecule has 0 fully saturated rings. The molecule has 1 aliphatic heterocycles. The van der Waals surface area contributed by atoms with Crippen molar-refractivity contribution in [2.24, 2.45) is 5.41 Å². The summed E-state index contributed by atoms with van der Waals surface area (Å²) in [5.41, 5.74) is 1.61. The number of hydrogen-bond acceptors (Lipinski definition) is 2. The zero-order chi connectivity index (χ0) is 13.9. The van der Waals surface area contributed by atoms with Gasteiger partial charge >= 0.3 is 0 Å². The van der Waals surface area contributed by atoms with E-state index in [1.54, 1.807) is 0 Å². The minimum atomic E-state index is 0.0850. The predicted molar refractivity (Wildman–Crippen MR) is 78.9 cm³/mol. The van der Waals surface area contributed by atoms with Gasteiger partial charge in [0, 0.05) is 12.5 Å². The lowest BCUT2D eigenvalue weighted by atomic mass is 9.92. The lowest BCUT2D eigenvalue weighted by molar-refractivity contribution is 0.267. The van der Waals surface area contributed by atoms with Crippen LogP contribution >= 0.6 is 0 Å². The van der Waals surface area contributed by atoms with E-state index in [4.69, 9.17) is 9.47 Å². The van der Waals surface area contributed by atoms with Crippen molar-refractivity contribution >= 4 is 0 Å². The molecule has 0 spiro atoms. The highest BCUT2D eigenvalue weighted by Gasteiger charge is 2.13. The highest BCUT2D eigenvalue weighted by molar-refractivity contribution is 5.42. The SMILES string of the molecule is CC(C=CCC(C)(C)C)Oc1ccc2c(c1)OCC2. The second kappa shape index (κ2) is 5.68. The molecule has 1 aliphatic rings. The Balaban J connectivity index is 1.90. The Kier molecular flexibility index (Phi) is 4.18. The van der Waals surface area contributed by atoms with E-state index in [0.717, 1.165) is 30.9 Å². The Hall–Kier alpha value is -1.44. The van der Waals surface area contributed by atoms with E-state index < -0.39 is 0 Å². The maximum Gasteiger partial charge on any atom is 0.126 e. The van der Waals surface area contributed by atoms with Crippen molar-refractivity contribution in [3.05, 3.63) is 35.9 Å². The standard InChI is InChI=1S/C17H24O2/c1-13(6-5-10-17(2,3)4)19-15-8-7-14-9-11-18-16(14)12-15/h5-8,12-13H,9-11H2,1-4H3. The summed E-state index contributed by atoms with van der Waals surface area (Å²) >= 11 is 0. The van der Waals surface area contributed by atoms with E-state index in [0.29, 0.717) is 5.41 Å². The zero-order valence-corrected chi connectivity index (χ0v) is 12.4. The van der Waals surface area contributed by atoms with Gasteiger partial charge in [-0.1, -0.05) is 32.9 Å². The van der Waals surface area contributed by atoms with Gasteiger partial charge < -0.3 is 9.47 Å². The first-order valence-corrected chi connectivity index (χ1v) is 7.03. The molecular formula is C17H24O2. The molecule has 2 rings (SSSR count). The molecule has 0 aliphatic carbocycles. The molecule has 1 heterocycles. The fourth-order valence-electron chi connectivity index (χ4n) is 2.09. The Labute approximate surface area is 116 Å². The Morgan fingerprint density at radius 1 is 1.37 bits per heavy atom. The summed E-state index contributed by atoms with van der Waals surface area (Å²) in [6.07, 6.45) is 6.49. The largest absolute Gasteiger partial charge is 0.493 e. The Morgan fingerprint density at radius 3 is 2.89 bits per heavy atom. The maximum absolute atomic E-state index is 5.89. The monoisotopic (exact) mass is 260 g/mol. The molecule has 2 heteroatoms. The predicted octanol–water partition coefficient (Wildman–Crippen LogP) is 4.38. The van der Waals surface area contributed by atoms with Gasteiger partial charge in [0.15, 0.2) is 0 Å². The van der Waals surface area contributed by atoms with E-state index in [-0.39, 0.29) is 6.10 Å². The van der Waals surface area contributed by atoms with Crippen LogP contribution in [0.1, 0.15) is 39.7 Å². The van der Waals surface area contributed by atoms with Crippen LogP contribution in [0.2, 0.25) is 0 Å². The summed E-state index contributed by atoms with van der Waals surface area (Å²) in [6.45, 7) is 9.56. The minimum Gasteiger partial charge on any atom is -0.493 e. The molecular weight excluding hydrogens is 236 g/mol. The van der Waals surface area contributed by atoms with Gasteiger partial charge in [-0.2, -0.15) is 0 Å². The highest BCUT2D eigenvalue weighted by atomic mass is 16.5. The molecule has 0 amide bonds. The van der Waals surface area contributed by atoms with Crippen molar-refractivity contribution in [1.29, 1.82) is 0 Å². The zero-order valence-electron chi connectivity index (χ0n) is 12.4. The molecule has 2 nitrogen and oxygen atoms in total. The molecule has 0 radical (unpaired) electrons. The van der Waals surface area contributed by atoms with Gasteiger partial charge in [0.25, 0.3) is 0 Å². The second-order valence-corrected chi connectivity index (χ2v) is 6.38. The van der Waals surface area contributed by atoms with Crippen molar-refractivity contribution in [3.8, 4) is 11.5 Å². The van der Waals surface area contributed by atoms with Crippen molar-refractivity contribution < 1.29 is 9.47 Å². The average molecular weight is 260 g/mol. The molecule has 0 saturated heterocycles. The quantitative estimate of drug-likeness (QED) is 0.748. The smallest absolute Gasteiger partial charge is 0.126 e. The molecule has 1 unspecified atom stereocenters. The summed E-state index contributed by atoms with van der Waals surface area (Å²) in [7, 11) is 0. The van der Waals surface area contributed by atoms with Crippen LogP contribution in [0.3, 0.4) is 0 Å². The number of allylic oxidation sites excluding steroid dienone is 1. The van der Waals surface area contributed by atoms with Gasteiger partial charge in [0.1, 0.15) is 17.6 Å². The summed E-state index contributed by atoms with van der Waals surface area (Å²) in [4.78, 5) is 0. The third kappa shape index (κ3) is 4.30. The van der Waals surface area contributed by atoms with Gasteiger partial charge in [-0.3, -0.25) is 0 Å². The molecule has 19 heavy (non-hydrogen) atoms. The van der Waals surface area contributed by atoms with Gasteiger partial charge in [-0.15, -0.1) is 0 Å². The van der Waals surface area contributed by atoms with Crippen LogP contribution in [-0.4, -0.2) is 12.7 Å². The molecule has 0 bridgehead atoms. The van der Waals surface area contributed by atoms with Crippen LogP contribution in [-0.2, 0) is 6.42 Å². The lowest BCUT2D eigenvalue weighted by Crippen LogP contribution is -2.09. The van der Waals surface area contributed by atoms with Crippen LogP contribution in [0.4, 0.5) is 0 Å². The van der Waals surface area contributed by atoms with Gasteiger partial charge in [-0.25, -0.2) is 0 Å².